The number of aliphatic imine (C=N–C) groups is 1. The van der Waals surface area contributed by atoms with Gasteiger partial charge in [-0.25, -0.2) is 8.42 Å². The Morgan fingerprint density at radius 1 is 1.38 bits per heavy atom. The largest absolute Gasteiger partial charge is 0.511 e. The van der Waals surface area contributed by atoms with Crippen LogP contribution in [-0.2, 0) is 16.4 Å². The zero-order chi connectivity index (χ0) is 20.8. The molecule has 2 rings (SSSR count). The van der Waals surface area contributed by atoms with Gasteiger partial charge >= 0.3 is 15.5 Å². The first-order chi connectivity index (χ1) is 13.1. The van der Waals surface area contributed by atoms with Gasteiger partial charge in [-0.3, -0.25) is 4.99 Å². The van der Waals surface area contributed by atoms with Crippen LogP contribution in [0, 0.1) is 0 Å². The van der Waals surface area contributed by atoms with Gasteiger partial charge in [0.1, 0.15) is 5.76 Å². The van der Waals surface area contributed by atoms with Crippen LogP contribution >= 0.6 is 24.0 Å². The highest BCUT2D eigenvalue weighted by molar-refractivity contribution is 14.0. The molecule has 1 fully saturated rings. The number of nitrogens with zero attached hydrogens (tertiary/aromatic N) is 2. The molecule has 29 heavy (non-hydrogen) atoms. The zero-order valence-corrected chi connectivity index (χ0v) is 19.6. The Labute approximate surface area is 186 Å². The summed E-state index contributed by atoms with van der Waals surface area (Å²) in [6.07, 6.45) is 3.64. The van der Waals surface area contributed by atoms with E-state index in [0.29, 0.717) is 23.2 Å². The van der Waals surface area contributed by atoms with Crippen LogP contribution in [0.15, 0.2) is 27.8 Å². The summed E-state index contributed by atoms with van der Waals surface area (Å²) < 4.78 is 66.8. The van der Waals surface area contributed by atoms with Crippen LogP contribution in [0.4, 0.5) is 13.2 Å². The number of nitrogens with one attached hydrogen (secondary N) is 2. The highest BCUT2D eigenvalue weighted by Crippen LogP contribution is 2.28. The lowest BCUT2D eigenvalue weighted by atomic mass is 10.1. The summed E-state index contributed by atoms with van der Waals surface area (Å²) in [4.78, 5) is 4.51. The van der Waals surface area contributed by atoms with E-state index in [1.165, 1.54) is 0 Å². The van der Waals surface area contributed by atoms with Crippen LogP contribution in [0.5, 0.6) is 0 Å². The number of furan rings is 1. The van der Waals surface area contributed by atoms with Gasteiger partial charge in [-0.05, 0) is 38.3 Å². The number of sulfonamides is 1. The Balaban J connectivity index is 0.00000420. The maximum atomic E-state index is 12.7. The molecule has 1 aromatic rings. The molecule has 0 spiro atoms. The fraction of sp³-hybridized carbons (Fsp3) is 0.706. The van der Waals surface area contributed by atoms with Crippen molar-refractivity contribution in [2.24, 2.45) is 4.99 Å². The van der Waals surface area contributed by atoms with E-state index >= 15 is 0 Å². The molecular formula is C17H28F3IN4O3S. The van der Waals surface area contributed by atoms with Crippen LogP contribution in [0.1, 0.15) is 38.9 Å². The van der Waals surface area contributed by atoms with E-state index in [-0.39, 0.29) is 62.0 Å². The third-order valence-electron chi connectivity index (χ3n) is 4.63. The molecule has 0 aromatic carbocycles. The summed E-state index contributed by atoms with van der Waals surface area (Å²) in [5.74, 6) is 1.38. The van der Waals surface area contributed by atoms with Gasteiger partial charge in [0.25, 0.3) is 0 Å². The highest BCUT2D eigenvalue weighted by Gasteiger charge is 2.50. The molecule has 0 aliphatic carbocycles. The molecule has 1 aliphatic rings. The number of alkyl halides is 3. The Morgan fingerprint density at radius 3 is 2.55 bits per heavy atom. The predicted octanol–water partition coefficient (Wildman–Crippen LogP) is 3.09. The van der Waals surface area contributed by atoms with E-state index in [0.717, 1.165) is 12.2 Å². The van der Waals surface area contributed by atoms with E-state index < -0.39 is 15.5 Å². The summed E-state index contributed by atoms with van der Waals surface area (Å²) in [5, 5.41) is 6.47. The smallest absolute Gasteiger partial charge is 0.469 e. The van der Waals surface area contributed by atoms with E-state index in [1.54, 1.807) is 12.3 Å². The van der Waals surface area contributed by atoms with Crippen molar-refractivity contribution in [3.05, 3.63) is 24.2 Å². The minimum atomic E-state index is -5.26. The molecule has 1 aliphatic heterocycles. The number of guanidine groups is 1. The van der Waals surface area contributed by atoms with Crippen molar-refractivity contribution in [1.82, 2.24) is 14.9 Å². The summed E-state index contributed by atoms with van der Waals surface area (Å²) in [5.41, 5.74) is -5.26. The fourth-order valence-corrected chi connectivity index (χ4v) is 3.77. The molecule has 1 atom stereocenters. The molecule has 2 N–H and O–H groups in total. The van der Waals surface area contributed by atoms with Crippen molar-refractivity contribution in [1.29, 1.82) is 0 Å². The van der Waals surface area contributed by atoms with Crippen molar-refractivity contribution in [2.75, 3.05) is 19.6 Å². The van der Waals surface area contributed by atoms with Gasteiger partial charge in [-0.15, -0.1) is 24.0 Å². The average molecular weight is 552 g/mol. The third kappa shape index (κ3) is 7.63. The molecule has 1 aromatic heterocycles. The molecule has 0 amide bonds. The van der Waals surface area contributed by atoms with Gasteiger partial charge in [-0.1, -0.05) is 6.92 Å². The number of piperidine rings is 1. The SMILES string of the molecule is CCC(C)NC(=NCCc1ccco1)NC1CCN(S(=O)(=O)C(F)(F)F)CC1.I. The quantitative estimate of drug-likeness (QED) is 0.309. The molecule has 0 bridgehead atoms. The Hall–Kier alpha value is -1.02. The van der Waals surface area contributed by atoms with Crippen LogP contribution in [0.2, 0.25) is 0 Å². The lowest BCUT2D eigenvalue weighted by Gasteiger charge is -2.33. The van der Waals surface area contributed by atoms with Gasteiger partial charge in [-0.2, -0.15) is 17.5 Å². The molecule has 2 heterocycles. The number of halogens is 4. The van der Waals surface area contributed by atoms with Crippen molar-refractivity contribution in [3.8, 4) is 0 Å². The molecule has 7 nitrogen and oxygen atoms in total. The number of rotatable bonds is 7. The Morgan fingerprint density at radius 2 is 2.03 bits per heavy atom. The fourth-order valence-electron chi connectivity index (χ4n) is 2.78. The minimum Gasteiger partial charge on any atom is -0.469 e. The van der Waals surface area contributed by atoms with E-state index in [4.69, 9.17) is 4.42 Å². The van der Waals surface area contributed by atoms with E-state index in [2.05, 4.69) is 15.6 Å². The van der Waals surface area contributed by atoms with E-state index in [1.807, 2.05) is 19.9 Å². The molecular weight excluding hydrogens is 524 g/mol. The van der Waals surface area contributed by atoms with Crippen LogP contribution in [0.25, 0.3) is 0 Å². The van der Waals surface area contributed by atoms with E-state index in [9.17, 15) is 21.6 Å². The highest BCUT2D eigenvalue weighted by atomic mass is 127. The zero-order valence-electron chi connectivity index (χ0n) is 16.4. The van der Waals surface area contributed by atoms with Crippen LogP contribution in [-0.4, -0.2) is 55.9 Å². The van der Waals surface area contributed by atoms with Crippen molar-refractivity contribution in [2.45, 2.75) is 57.1 Å². The molecule has 168 valence electrons. The van der Waals surface area contributed by atoms with Gasteiger partial charge < -0.3 is 15.1 Å². The third-order valence-corrected chi connectivity index (χ3v) is 6.26. The summed E-state index contributed by atoms with van der Waals surface area (Å²) in [7, 11) is -5.26. The second kappa shape index (κ2) is 11.4. The van der Waals surface area contributed by atoms with Crippen molar-refractivity contribution in [3.63, 3.8) is 0 Å². The molecule has 0 radical (unpaired) electrons. The monoisotopic (exact) mass is 552 g/mol. The first kappa shape index (κ1) is 26.0. The summed E-state index contributed by atoms with van der Waals surface area (Å²) in [6, 6.07) is 3.68. The second-order valence-electron chi connectivity index (χ2n) is 6.78. The van der Waals surface area contributed by atoms with Gasteiger partial charge in [0, 0.05) is 38.1 Å². The Kier molecular flexibility index (Phi) is 10.2. The topological polar surface area (TPSA) is 86.9 Å². The lowest BCUT2D eigenvalue weighted by Crippen LogP contribution is -2.52. The predicted molar refractivity (Wildman–Crippen MR) is 116 cm³/mol. The van der Waals surface area contributed by atoms with Gasteiger partial charge in [0.2, 0.25) is 0 Å². The van der Waals surface area contributed by atoms with Gasteiger partial charge in [0.05, 0.1) is 6.26 Å². The Bertz CT molecular complexity index is 734. The molecule has 12 heteroatoms. The molecule has 0 saturated carbocycles. The second-order valence-corrected chi connectivity index (χ2v) is 8.71. The van der Waals surface area contributed by atoms with Crippen molar-refractivity contribution >= 4 is 40.0 Å². The summed E-state index contributed by atoms with van der Waals surface area (Å²) >= 11 is 0. The van der Waals surface area contributed by atoms with Gasteiger partial charge in [0.15, 0.2) is 5.96 Å². The lowest BCUT2D eigenvalue weighted by molar-refractivity contribution is -0.0494. The van der Waals surface area contributed by atoms with Crippen LogP contribution in [0.3, 0.4) is 0 Å². The van der Waals surface area contributed by atoms with Crippen molar-refractivity contribution < 1.29 is 26.0 Å². The normalized spacial score (nSPS) is 18.2. The maximum absolute atomic E-state index is 12.7. The average Bonchev–Trinajstić information content (AvgIpc) is 3.14. The summed E-state index contributed by atoms with van der Waals surface area (Å²) in [6.45, 7) is 4.16. The minimum absolute atomic E-state index is 0. The molecule has 1 unspecified atom stereocenters. The number of hydrogen-bond donors (Lipinski definition) is 2. The molecule has 1 saturated heterocycles. The standard InChI is InChI=1S/C17H27F3N4O3S.HI/c1-3-13(2)22-16(21-9-6-15-5-4-12-27-15)23-14-7-10-24(11-8-14)28(25,26)17(18,19)20;/h4-5,12-14H,3,6-11H2,1-2H3,(H2,21,22,23);1H. The maximum Gasteiger partial charge on any atom is 0.511 e. The first-order valence-corrected chi connectivity index (χ1v) is 10.7. The van der Waals surface area contributed by atoms with Crippen LogP contribution < -0.4 is 10.6 Å². The number of hydrogen-bond acceptors (Lipinski definition) is 4. The first-order valence-electron chi connectivity index (χ1n) is 9.29.